The Hall–Kier alpha value is -2.52. The van der Waals surface area contributed by atoms with Crippen LogP contribution in [0.5, 0.6) is 0 Å². The fourth-order valence-corrected chi connectivity index (χ4v) is 2.92. The summed E-state index contributed by atoms with van der Waals surface area (Å²) in [5.74, 6) is -0.245. The number of nitriles is 1. The number of aromatic nitrogens is 2. The third-order valence-electron chi connectivity index (χ3n) is 3.92. The van der Waals surface area contributed by atoms with E-state index in [-0.39, 0.29) is 11.9 Å². The van der Waals surface area contributed by atoms with Gasteiger partial charge >= 0.3 is 0 Å². The molecule has 0 radical (unpaired) electrons. The third kappa shape index (κ3) is 3.30. The number of rotatable bonds is 3. The van der Waals surface area contributed by atoms with Crippen molar-refractivity contribution in [2.45, 2.75) is 12.5 Å². The SMILES string of the molecule is Cn1cc(N2CCC(NC(=O)c3cc(C#N)ccc3Cl)C2)cn1. The van der Waals surface area contributed by atoms with Gasteiger partial charge in [0.05, 0.1) is 34.1 Å². The van der Waals surface area contributed by atoms with E-state index in [1.165, 1.54) is 6.07 Å². The highest BCUT2D eigenvalue weighted by Crippen LogP contribution is 2.21. The first kappa shape index (κ1) is 15.4. The lowest BCUT2D eigenvalue weighted by Crippen LogP contribution is -2.37. The molecule has 2 heterocycles. The molecule has 1 aliphatic rings. The average Bonchev–Trinajstić information content (AvgIpc) is 3.16. The first-order valence-electron chi connectivity index (χ1n) is 7.31. The van der Waals surface area contributed by atoms with Gasteiger partial charge in [0, 0.05) is 32.4 Å². The summed E-state index contributed by atoms with van der Waals surface area (Å²) in [6.07, 6.45) is 4.63. The number of hydrogen-bond donors (Lipinski definition) is 1. The Labute approximate surface area is 139 Å². The Morgan fingerprint density at radius 2 is 2.35 bits per heavy atom. The van der Waals surface area contributed by atoms with Crippen LogP contribution >= 0.6 is 11.6 Å². The smallest absolute Gasteiger partial charge is 0.253 e. The van der Waals surface area contributed by atoms with Gasteiger partial charge in [-0.15, -0.1) is 0 Å². The van der Waals surface area contributed by atoms with Crippen LogP contribution in [0.1, 0.15) is 22.3 Å². The van der Waals surface area contributed by atoms with Gasteiger partial charge in [-0.25, -0.2) is 0 Å². The minimum Gasteiger partial charge on any atom is -0.367 e. The van der Waals surface area contributed by atoms with Crippen molar-refractivity contribution >= 4 is 23.2 Å². The van der Waals surface area contributed by atoms with Gasteiger partial charge in [-0.05, 0) is 24.6 Å². The van der Waals surface area contributed by atoms with Crippen LogP contribution in [0.15, 0.2) is 30.6 Å². The summed E-state index contributed by atoms with van der Waals surface area (Å²) in [6, 6.07) is 6.75. The number of amides is 1. The molecule has 1 atom stereocenters. The molecule has 1 aliphatic heterocycles. The van der Waals surface area contributed by atoms with E-state index in [0.29, 0.717) is 16.1 Å². The third-order valence-corrected chi connectivity index (χ3v) is 4.25. The molecule has 0 saturated carbocycles. The van der Waals surface area contributed by atoms with Crippen molar-refractivity contribution in [1.29, 1.82) is 5.26 Å². The maximum atomic E-state index is 12.4. The number of nitrogens with one attached hydrogen (secondary N) is 1. The Bertz CT molecular complexity index is 779. The zero-order valence-electron chi connectivity index (χ0n) is 12.7. The van der Waals surface area contributed by atoms with E-state index < -0.39 is 0 Å². The fourth-order valence-electron chi connectivity index (χ4n) is 2.72. The average molecular weight is 330 g/mol. The van der Waals surface area contributed by atoms with Gasteiger partial charge in [0.25, 0.3) is 5.91 Å². The topological polar surface area (TPSA) is 73.9 Å². The van der Waals surface area contributed by atoms with Crippen molar-refractivity contribution < 1.29 is 4.79 Å². The second-order valence-corrected chi connectivity index (χ2v) is 5.99. The van der Waals surface area contributed by atoms with Crippen LogP contribution in [0.4, 0.5) is 5.69 Å². The van der Waals surface area contributed by atoms with Crippen molar-refractivity contribution in [3.05, 3.63) is 46.7 Å². The van der Waals surface area contributed by atoms with Crippen molar-refractivity contribution in [1.82, 2.24) is 15.1 Å². The quantitative estimate of drug-likeness (QED) is 0.934. The normalized spacial score (nSPS) is 17.1. The van der Waals surface area contributed by atoms with Gasteiger partial charge in [0.15, 0.2) is 0 Å². The molecule has 2 aromatic rings. The van der Waals surface area contributed by atoms with Gasteiger partial charge in [-0.1, -0.05) is 11.6 Å². The molecular formula is C16H16ClN5O. The highest BCUT2D eigenvalue weighted by molar-refractivity contribution is 6.33. The van der Waals surface area contributed by atoms with Crippen LogP contribution in [0.2, 0.25) is 5.02 Å². The van der Waals surface area contributed by atoms with Crippen LogP contribution in [0.25, 0.3) is 0 Å². The number of anilines is 1. The van der Waals surface area contributed by atoms with E-state index in [1.54, 1.807) is 16.8 Å². The zero-order chi connectivity index (χ0) is 16.4. The van der Waals surface area contributed by atoms with E-state index in [9.17, 15) is 4.79 Å². The van der Waals surface area contributed by atoms with E-state index in [4.69, 9.17) is 16.9 Å². The fraction of sp³-hybridized carbons (Fsp3) is 0.312. The number of halogens is 1. The monoisotopic (exact) mass is 329 g/mol. The number of carbonyl (C=O) groups is 1. The summed E-state index contributed by atoms with van der Waals surface area (Å²) >= 11 is 6.07. The maximum Gasteiger partial charge on any atom is 0.253 e. The van der Waals surface area contributed by atoms with Crippen LogP contribution in [-0.2, 0) is 7.05 Å². The highest BCUT2D eigenvalue weighted by atomic mass is 35.5. The molecule has 7 heteroatoms. The number of benzene rings is 1. The van der Waals surface area contributed by atoms with Crippen molar-refractivity contribution in [3.63, 3.8) is 0 Å². The predicted molar refractivity (Wildman–Crippen MR) is 87.5 cm³/mol. The lowest BCUT2D eigenvalue weighted by molar-refractivity contribution is 0.0940. The molecule has 6 nitrogen and oxygen atoms in total. The summed E-state index contributed by atoms with van der Waals surface area (Å²) in [5.41, 5.74) is 1.81. The molecule has 0 spiro atoms. The maximum absolute atomic E-state index is 12.4. The molecule has 1 amide bonds. The van der Waals surface area contributed by atoms with Gasteiger partial charge < -0.3 is 10.2 Å². The van der Waals surface area contributed by atoms with Crippen LogP contribution in [0, 0.1) is 11.3 Å². The van der Waals surface area contributed by atoms with E-state index >= 15 is 0 Å². The van der Waals surface area contributed by atoms with Crippen LogP contribution in [-0.4, -0.2) is 34.8 Å². The largest absolute Gasteiger partial charge is 0.367 e. The Morgan fingerprint density at radius 3 is 3.04 bits per heavy atom. The van der Waals surface area contributed by atoms with Gasteiger partial charge in [-0.2, -0.15) is 10.4 Å². The second kappa shape index (κ2) is 6.31. The lowest BCUT2D eigenvalue weighted by atomic mass is 10.1. The minimum absolute atomic E-state index is 0.0458. The summed E-state index contributed by atoms with van der Waals surface area (Å²) in [6.45, 7) is 1.59. The highest BCUT2D eigenvalue weighted by Gasteiger charge is 2.25. The molecule has 23 heavy (non-hydrogen) atoms. The molecule has 1 aromatic carbocycles. The number of hydrogen-bond acceptors (Lipinski definition) is 4. The first-order valence-corrected chi connectivity index (χ1v) is 7.68. The summed E-state index contributed by atoms with van der Waals surface area (Å²) < 4.78 is 1.76. The van der Waals surface area contributed by atoms with Crippen molar-refractivity contribution in [2.24, 2.45) is 7.05 Å². The lowest BCUT2D eigenvalue weighted by Gasteiger charge is -2.17. The Balaban J connectivity index is 1.66. The standard InChI is InChI=1S/C16H16ClN5O/c1-21-10-13(8-19-21)22-5-4-12(9-22)20-16(23)14-6-11(7-18)2-3-15(14)17/h2-3,6,8,10,12H,4-5,9H2,1H3,(H,20,23). The zero-order valence-corrected chi connectivity index (χ0v) is 13.4. The van der Waals surface area contributed by atoms with Crippen molar-refractivity contribution in [3.8, 4) is 6.07 Å². The molecule has 1 unspecified atom stereocenters. The minimum atomic E-state index is -0.245. The molecular weight excluding hydrogens is 314 g/mol. The molecule has 1 N–H and O–H groups in total. The van der Waals surface area contributed by atoms with E-state index in [0.717, 1.165) is 25.2 Å². The van der Waals surface area contributed by atoms with Crippen molar-refractivity contribution in [2.75, 3.05) is 18.0 Å². The molecule has 0 bridgehead atoms. The summed E-state index contributed by atoms with van der Waals surface area (Å²) in [7, 11) is 1.88. The molecule has 3 rings (SSSR count). The molecule has 118 valence electrons. The molecule has 1 fully saturated rings. The molecule has 0 aliphatic carbocycles. The van der Waals surface area contributed by atoms with Gasteiger partial charge in [0.1, 0.15) is 0 Å². The van der Waals surface area contributed by atoms with Gasteiger partial charge in [-0.3, -0.25) is 9.48 Å². The Morgan fingerprint density at radius 1 is 1.52 bits per heavy atom. The van der Waals surface area contributed by atoms with Crippen LogP contribution < -0.4 is 10.2 Å². The summed E-state index contributed by atoms with van der Waals surface area (Å²) in [5, 5.41) is 16.5. The summed E-state index contributed by atoms with van der Waals surface area (Å²) in [4.78, 5) is 14.6. The number of aryl methyl sites for hydroxylation is 1. The first-order chi connectivity index (χ1) is 11.1. The van der Waals surface area contributed by atoms with Crippen LogP contribution in [0.3, 0.4) is 0 Å². The molecule has 1 saturated heterocycles. The van der Waals surface area contributed by atoms with Gasteiger partial charge in [0.2, 0.25) is 0 Å². The Kier molecular flexibility index (Phi) is 4.22. The van der Waals surface area contributed by atoms with E-state index in [1.807, 2.05) is 25.5 Å². The van der Waals surface area contributed by atoms with E-state index in [2.05, 4.69) is 15.3 Å². The number of nitrogens with zero attached hydrogens (tertiary/aromatic N) is 4. The number of carbonyl (C=O) groups excluding carboxylic acids is 1. The molecule has 1 aromatic heterocycles. The predicted octanol–water partition coefficient (Wildman–Crippen LogP) is 1.95. The second-order valence-electron chi connectivity index (χ2n) is 5.58.